The highest BCUT2D eigenvalue weighted by Crippen LogP contribution is 2.38. The predicted octanol–water partition coefficient (Wildman–Crippen LogP) is 5.86. The first-order chi connectivity index (χ1) is 18.3. The first-order valence-electron chi connectivity index (χ1n) is 11.7. The summed E-state index contributed by atoms with van der Waals surface area (Å²) in [7, 11) is 1.57. The van der Waals surface area contributed by atoms with Gasteiger partial charge in [0.1, 0.15) is 29.0 Å². The lowest BCUT2D eigenvalue weighted by molar-refractivity contribution is -0.113. The van der Waals surface area contributed by atoms with E-state index in [4.69, 9.17) is 16.3 Å². The Morgan fingerprint density at radius 3 is 2.18 bits per heavy atom. The monoisotopic (exact) mass is 531 g/mol. The van der Waals surface area contributed by atoms with Crippen LogP contribution in [-0.4, -0.2) is 28.7 Å². The van der Waals surface area contributed by atoms with Crippen molar-refractivity contribution in [3.63, 3.8) is 0 Å². The van der Waals surface area contributed by atoms with Gasteiger partial charge in [0, 0.05) is 22.1 Å². The number of fused-ring (bicyclic) bond motifs is 1. The van der Waals surface area contributed by atoms with Gasteiger partial charge in [-0.15, -0.1) is 0 Å². The minimum Gasteiger partial charge on any atom is -0.497 e. The number of carbonyl (C=O) groups excluding carboxylic acids is 2. The van der Waals surface area contributed by atoms with Crippen LogP contribution < -0.4 is 20.7 Å². The molecule has 1 aromatic heterocycles. The maximum Gasteiger partial charge on any atom is 0.261 e. The Morgan fingerprint density at radius 1 is 0.947 bits per heavy atom. The van der Waals surface area contributed by atoms with Crippen LogP contribution in [0.25, 0.3) is 0 Å². The Morgan fingerprint density at radius 2 is 1.55 bits per heavy atom. The molecule has 0 aliphatic carbocycles. The second-order valence-electron chi connectivity index (χ2n) is 8.61. The molecule has 3 N–H and O–H groups in total. The molecule has 0 spiro atoms. The summed E-state index contributed by atoms with van der Waals surface area (Å²) in [6, 6.07) is 18.9. The summed E-state index contributed by atoms with van der Waals surface area (Å²) in [5, 5.41) is 13.9. The molecule has 2 amide bonds. The summed E-state index contributed by atoms with van der Waals surface area (Å²) in [4.78, 5) is 26.7. The number of benzene rings is 3. The van der Waals surface area contributed by atoms with Crippen molar-refractivity contribution in [1.29, 1.82) is 0 Å². The zero-order chi connectivity index (χ0) is 26.8. The number of rotatable bonds is 6. The van der Waals surface area contributed by atoms with E-state index < -0.39 is 17.8 Å². The number of ether oxygens (including phenoxy) is 1. The third-order valence-corrected chi connectivity index (χ3v) is 6.40. The molecule has 38 heavy (non-hydrogen) atoms. The van der Waals surface area contributed by atoms with Crippen LogP contribution in [0.4, 0.5) is 21.6 Å². The number of nitrogens with one attached hydrogen (secondary N) is 3. The van der Waals surface area contributed by atoms with Crippen LogP contribution in [0.2, 0.25) is 5.02 Å². The molecular formula is C28H23ClFN5O3. The van der Waals surface area contributed by atoms with Gasteiger partial charge in [0.25, 0.3) is 11.8 Å². The standard InChI is InChI=1S/C28H23ClFN5O3/c1-16-24(28(37)34-21-11-13-22(38-2)14-12-21)25(17-3-5-18(29)6-4-17)35-26(32-16)23(15-31-35)27(36)33-20-9-7-19(30)8-10-20/h3-15,25,32H,1-2H3,(H,33,36)(H,34,37). The van der Waals surface area contributed by atoms with E-state index in [9.17, 15) is 14.0 Å². The highest BCUT2D eigenvalue weighted by molar-refractivity contribution is 6.30. The molecule has 0 saturated heterocycles. The van der Waals surface area contributed by atoms with Crippen LogP contribution in [0.1, 0.15) is 28.9 Å². The first-order valence-corrected chi connectivity index (χ1v) is 12.0. The summed E-state index contributed by atoms with van der Waals surface area (Å²) in [5.74, 6) is -0.0789. The molecule has 2 heterocycles. The van der Waals surface area contributed by atoms with Crippen LogP contribution in [0.3, 0.4) is 0 Å². The molecule has 1 unspecified atom stereocenters. The number of aromatic nitrogens is 2. The predicted molar refractivity (Wildman–Crippen MR) is 144 cm³/mol. The van der Waals surface area contributed by atoms with Crippen LogP contribution in [0, 0.1) is 5.82 Å². The van der Waals surface area contributed by atoms with Crippen LogP contribution in [0.5, 0.6) is 5.75 Å². The van der Waals surface area contributed by atoms with Crippen molar-refractivity contribution in [1.82, 2.24) is 9.78 Å². The van der Waals surface area contributed by atoms with Gasteiger partial charge in [0.2, 0.25) is 0 Å². The number of methoxy groups -OCH3 is 1. The maximum absolute atomic E-state index is 13.6. The van der Waals surface area contributed by atoms with E-state index in [-0.39, 0.29) is 11.5 Å². The van der Waals surface area contributed by atoms with Crippen molar-refractivity contribution in [2.75, 3.05) is 23.1 Å². The molecule has 0 radical (unpaired) electrons. The number of hydrogen-bond donors (Lipinski definition) is 3. The number of carbonyl (C=O) groups is 2. The zero-order valence-corrected chi connectivity index (χ0v) is 21.2. The molecule has 10 heteroatoms. The SMILES string of the molecule is COc1ccc(NC(=O)C2=C(C)Nc3c(C(=O)Nc4ccc(F)cc4)cnn3C2c2ccc(Cl)cc2)cc1. The van der Waals surface area contributed by atoms with Gasteiger partial charge in [-0.05, 0) is 73.2 Å². The third kappa shape index (κ3) is 4.96. The smallest absolute Gasteiger partial charge is 0.261 e. The van der Waals surface area contributed by atoms with Crippen molar-refractivity contribution in [2.24, 2.45) is 0 Å². The van der Waals surface area contributed by atoms with Gasteiger partial charge in [0.15, 0.2) is 0 Å². The Labute approximate surface area is 223 Å². The molecule has 1 aliphatic heterocycles. The Balaban J connectivity index is 1.51. The second kappa shape index (κ2) is 10.4. The summed E-state index contributed by atoms with van der Waals surface area (Å²) in [6.45, 7) is 1.77. The minimum atomic E-state index is -0.644. The molecule has 192 valence electrons. The number of allylic oxidation sites excluding steroid dienone is 1. The molecule has 5 rings (SSSR count). The number of anilines is 3. The van der Waals surface area contributed by atoms with E-state index in [1.807, 2.05) is 12.1 Å². The van der Waals surface area contributed by atoms with Gasteiger partial charge in [0.05, 0.1) is 18.9 Å². The van der Waals surface area contributed by atoms with Crippen LogP contribution in [0.15, 0.2) is 90.3 Å². The van der Waals surface area contributed by atoms with E-state index in [2.05, 4.69) is 21.0 Å². The average Bonchev–Trinajstić information content (AvgIpc) is 3.33. The zero-order valence-electron chi connectivity index (χ0n) is 20.5. The molecule has 0 saturated carbocycles. The normalized spacial score (nSPS) is 14.4. The van der Waals surface area contributed by atoms with Gasteiger partial charge >= 0.3 is 0 Å². The summed E-state index contributed by atoms with van der Waals surface area (Å²) < 4.78 is 20.1. The molecule has 8 nitrogen and oxygen atoms in total. The van der Waals surface area contributed by atoms with Crippen LogP contribution in [-0.2, 0) is 4.79 Å². The molecule has 4 aromatic rings. The van der Waals surface area contributed by atoms with Crippen LogP contribution >= 0.6 is 11.6 Å². The first kappa shape index (κ1) is 25.0. The van der Waals surface area contributed by atoms with Gasteiger partial charge in [-0.25, -0.2) is 9.07 Å². The van der Waals surface area contributed by atoms with Crippen molar-refractivity contribution in [3.8, 4) is 5.75 Å². The minimum absolute atomic E-state index is 0.266. The van der Waals surface area contributed by atoms with Crippen molar-refractivity contribution < 1.29 is 18.7 Å². The molecule has 1 atom stereocenters. The second-order valence-corrected chi connectivity index (χ2v) is 9.05. The topological polar surface area (TPSA) is 97.3 Å². The van der Waals surface area contributed by atoms with E-state index in [0.717, 1.165) is 5.56 Å². The quantitative estimate of drug-likeness (QED) is 0.289. The number of hydrogen-bond acceptors (Lipinski definition) is 5. The Bertz CT molecular complexity index is 1530. The van der Waals surface area contributed by atoms with E-state index in [1.165, 1.54) is 30.5 Å². The fraction of sp³-hybridized carbons (Fsp3) is 0.107. The summed E-state index contributed by atoms with van der Waals surface area (Å²) in [5.41, 5.74) is 3.03. The van der Waals surface area contributed by atoms with Gasteiger partial charge in [-0.1, -0.05) is 23.7 Å². The number of nitrogens with zero attached hydrogens (tertiary/aromatic N) is 2. The Hall–Kier alpha value is -4.63. The Kier molecular flexibility index (Phi) is 6.85. The highest BCUT2D eigenvalue weighted by atomic mass is 35.5. The van der Waals surface area contributed by atoms with Crippen molar-refractivity contribution >= 4 is 40.6 Å². The molecule has 1 aliphatic rings. The molecular weight excluding hydrogens is 509 g/mol. The highest BCUT2D eigenvalue weighted by Gasteiger charge is 2.35. The summed E-state index contributed by atoms with van der Waals surface area (Å²) >= 11 is 6.13. The van der Waals surface area contributed by atoms with Crippen molar-refractivity contribution in [2.45, 2.75) is 13.0 Å². The fourth-order valence-corrected chi connectivity index (χ4v) is 4.40. The van der Waals surface area contributed by atoms with Gasteiger partial charge in [-0.3, -0.25) is 9.59 Å². The fourth-order valence-electron chi connectivity index (χ4n) is 4.27. The average molecular weight is 532 g/mol. The summed E-state index contributed by atoms with van der Waals surface area (Å²) in [6.07, 6.45) is 1.43. The third-order valence-electron chi connectivity index (χ3n) is 6.15. The van der Waals surface area contributed by atoms with Crippen molar-refractivity contribution in [3.05, 3.63) is 112 Å². The molecule has 3 aromatic carbocycles. The van der Waals surface area contributed by atoms with Gasteiger partial charge in [-0.2, -0.15) is 5.10 Å². The molecule has 0 bridgehead atoms. The van der Waals surface area contributed by atoms with Gasteiger partial charge < -0.3 is 20.7 Å². The van der Waals surface area contributed by atoms with E-state index in [1.54, 1.807) is 55.1 Å². The van der Waals surface area contributed by atoms with E-state index in [0.29, 0.717) is 39.2 Å². The number of amides is 2. The lowest BCUT2D eigenvalue weighted by atomic mass is 9.94. The largest absolute Gasteiger partial charge is 0.497 e. The lowest BCUT2D eigenvalue weighted by Crippen LogP contribution is -2.32. The number of halogens is 2. The maximum atomic E-state index is 13.6. The lowest BCUT2D eigenvalue weighted by Gasteiger charge is -2.30. The molecule has 0 fully saturated rings. The van der Waals surface area contributed by atoms with E-state index >= 15 is 0 Å².